The Kier molecular flexibility index (Phi) is 5.86. The first kappa shape index (κ1) is 15.3. The van der Waals surface area contributed by atoms with Gasteiger partial charge in [0.15, 0.2) is 0 Å². The molecular formula is C15H22N2O2S. The van der Waals surface area contributed by atoms with Gasteiger partial charge in [0.25, 0.3) is 5.69 Å². The van der Waals surface area contributed by atoms with Gasteiger partial charge in [0.2, 0.25) is 0 Å². The molecule has 0 amide bonds. The predicted octanol–water partition coefficient (Wildman–Crippen LogP) is 3.40. The monoisotopic (exact) mass is 294 g/mol. The maximum absolute atomic E-state index is 10.9. The summed E-state index contributed by atoms with van der Waals surface area (Å²) in [5, 5.41) is 15.3. The molecule has 1 saturated carbocycles. The molecule has 2 atom stereocenters. The summed E-state index contributed by atoms with van der Waals surface area (Å²) >= 11 is 2.05. The lowest BCUT2D eigenvalue weighted by atomic mass is 10.1. The number of nitro groups is 1. The van der Waals surface area contributed by atoms with Crippen molar-refractivity contribution in [3.63, 3.8) is 0 Å². The highest BCUT2D eigenvalue weighted by Crippen LogP contribution is 2.29. The molecule has 1 N–H and O–H groups in total. The lowest BCUT2D eigenvalue weighted by Gasteiger charge is -2.13. The smallest absolute Gasteiger partial charge is 0.272 e. The van der Waals surface area contributed by atoms with Crippen molar-refractivity contribution in [2.24, 2.45) is 0 Å². The van der Waals surface area contributed by atoms with Crippen LogP contribution in [0.1, 0.15) is 31.7 Å². The molecule has 5 heteroatoms. The fraction of sp³-hybridized carbons (Fsp3) is 0.600. The average molecular weight is 294 g/mol. The Morgan fingerprint density at radius 2 is 2.20 bits per heavy atom. The van der Waals surface area contributed by atoms with Crippen molar-refractivity contribution in [2.75, 3.05) is 12.3 Å². The van der Waals surface area contributed by atoms with Gasteiger partial charge >= 0.3 is 0 Å². The van der Waals surface area contributed by atoms with Crippen LogP contribution in [0.4, 0.5) is 5.69 Å². The summed E-state index contributed by atoms with van der Waals surface area (Å²) in [4.78, 5) is 10.6. The van der Waals surface area contributed by atoms with E-state index in [-0.39, 0.29) is 10.6 Å². The molecule has 20 heavy (non-hydrogen) atoms. The fourth-order valence-electron chi connectivity index (χ4n) is 2.82. The van der Waals surface area contributed by atoms with Crippen molar-refractivity contribution in [2.45, 2.75) is 43.9 Å². The normalized spacial score (nSPS) is 22.1. The Labute approximate surface area is 124 Å². The van der Waals surface area contributed by atoms with E-state index in [1.165, 1.54) is 25.0 Å². The van der Waals surface area contributed by atoms with Gasteiger partial charge in [0.1, 0.15) is 0 Å². The first-order valence-corrected chi connectivity index (χ1v) is 8.33. The van der Waals surface area contributed by atoms with Crippen LogP contribution in [-0.2, 0) is 6.42 Å². The molecule has 0 spiro atoms. The number of nitrogens with one attached hydrogen (secondary N) is 1. The number of nitro benzene ring substituents is 1. The summed E-state index contributed by atoms with van der Waals surface area (Å²) in [6, 6.07) is 7.61. The van der Waals surface area contributed by atoms with Gasteiger partial charge in [-0.05, 0) is 38.0 Å². The molecule has 0 bridgehead atoms. The maximum atomic E-state index is 10.9. The predicted molar refractivity (Wildman–Crippen MR) is 84.4 cm³/mol. The van der Waals surface area contributed by atoms with Gasteiger partial charge in [0.05, 0.1) is 4.92 Å². The molecule has 1 aromatic carbocycles. The van der Waals surface area contributed by atoms with Crippen molar-refractivity contribution in [3.05, 3.63) is 39.9 Å². The summed E-state index contributed by atoms with van der Waals surface area (Å²) in [7, 11) is 0. The molecule has 0 aromatic heterocycles. The molecule has 2 rings (SSSR count). The standard InChI is InChI=1S/C15H22N2O2S/c1-2-20-14-8-7-13(11-14)16-10-9-12-5-3-4-6-15(12)17(18)19/h3-6,13-14,16H,2,7-11H2,1H3. The van der Waals surface area contributed by atoms with Crippen LogP contribution in [0.3, 0.4) is 0 Å². The molecule has 1 aliphatic carbocycles. The highest BCUT2D eigenvalue weighted by molar-refractivity contribution is 7.99. The van der Waals surface area contributed by atoms with Crippen LogP contribution in [-0.4, -0.2) is 28.5 Å². The summed E-state index contributed by atoms with van der Waals surface area (Å²) in [5.74, 6) is 1.19. The fourth-order valence-corrected chi connectivity index (χ4v) is 3.97. The van der Waals surface area contributed by atoms with Gasteiger partial charge < -0.3 is 5.32 Å². The minimum Gasteiger partial charge on any atom is -0.314 e. The molecule has 1 aliphatic rings. The number of hydrogen-bond donors (Lipinski definition) is 1. The summed E-state index contributed by atoms with van der Waals surface area (Å²) in [6.45, 7) is 3.03. The number of benzene rings is 1. The second kappa shape index (κ2) is 7.64. The van der Waals surface area contributed by atoms with E-state index >= 15 is 0 Å². The van der Waals surface area contributed by atoms with Crippen LogP contribution in [0.15, 0.2) is 24.3 Å². The van der Waals surface area contributed by atoms with Gasteiger partial charge in [0, 0.05) is 22.9 Å². The van der Waals surface area contributed by atoms with Gasteiger partial charge in [-0.1, -0.05) is 25.1 Å². The van der Waals surface area contributed by atoms with E-state index in [1.807, 2.05) is 23.9 Å². The molecule has 0 heterocycles. The first-order chi connectivity index (χ1) is 9.70. The highest BCUT2D eigenvalue weighted by Gasteiger charge is 2.24. The van der Waals surface area contributed by atoms with Crippen molar-refractivity contribution in [1.29, 1.82) is 0 Å². The second-order valence-corrected chi connectivity index (χ2v) is 6.75. The van der Waals surface area contributed by atoms with Crippen molar-refractivity contribution in [1.82, 2.24) is 5.32 Å². The molecule has 1 aromatic rings. The van der Waals surface area contributed by atoms with Gasteiger partial charge in [-0.3, -0.25) is 10.1 Å². The zero-order valence-corrected chi connectivity index (χ0v) is 12.7. The number of thioether (sulfide) groups is 1. The van der Waals surface area contributed by atoms with Crippen LogP contribution < -0.4 is 5.32 Å². The van der Waals surface area contributed by atoms with E-state index < -0.39 is 0 Å². The zero-order chi connectivity index (χ0) is 14.4. The molecule has 0 radical (unpaired) electrons. The summed E-state index contributed by atoms with van der Waals surface area (Å²) in [6.07, 6.45) is 4.48. The van der Waals surface area contributed by atoms with Crippen LogP contribution in [0.25, 0.3) is 0 Å². The van der Waals surface area contributed by atoms with E-state index in [2.05, 4.69) is 12.2 Å². The molecule has 2 unspecified atom stereocenters. The Balaban J connectivity index is 1.78. The lowest BCUT2D eigenvalue weighted by Crippen LogP contribution is -2.28. The maximum Gasteiger partial charge on any atom is 0.272 e. The van der Waals surface area contributed by atoms with Crippen LogP contribution in [0.5, 0.6) is 0 Å². The molecule has 0 aliphatic heterocycles. The van der Waals surface area contributed by atoms with Gasteiger partial charge in [-0.25, -0.2) is 0 Å². The van der Waals surface area contributed by atoms with Crippen molar-refractivity contribution >= 4 is 17.4 Å². The van der Waals surface area contributed by atoms with Crippen LogP contribution >= 0.6 is 11.8 Å². The number of rotatable bonds is 7. The Hall–Kier alpha value is -1.07. The molecule has 0 saturated heterocycles. The quantitative estimate of drug-likeness (QED) is 0.618. The van der Waals surface area contributed by atoms with E-state index in [0.717, 1.165) is 23.8 Å². The van der Waals surface area contributed by atoms with Crippen LogP contribution in [0, 0.1) is 10.1 Å². The zero-order valence-electron chi connectivity index (χ0n) is 11.9. The summed E-state index contributed by atoms with van der Waals surface area (Å²) < 4.78 is 0. The second-order valence-electron chi connectivity index (χ2n) is 5.18. The lowest BCUT2D eigenvalue weighted by molar-refractivity contribution is -0.385. The Morgan fingerprint density at radius 1 is 1.40 bits per heavy atom. The van der Waals surface area contributed by atoms with Crippen LogP contribution in [0.2, 0.25) is 0 Å². The van der Waals surface area contributed by atoms with E-state index in [4.69, 9.17) is 0 Å². The Morgan fingerprint density at radius 3 is 2.95 bits per heavy atom. The largest absolute Gasteiger partial charge is 0.314 e. The molecule has 1 fully saturated rings. The van der Waals surface area contributed by atoms with Gasteiger partial charge in [-0.2, -0.15) is 11.8 Å². The SMILES string of the molecule is CCSC1CCC(NCCc2ccccc2[N+](=O)[O-])C1. The summed E-state index contributed by atoms with van der Waals surface area (Å²) in [5.41, 5.74) is 1.06. The Bertz CT molecular complexity index is 453. The van der Waals surface area contributed by atoms with E-state index in [9.17, 15) is 10.1 Å². The minimum atomic E-state index is -0.293. The van der Waals surface area contributed by atoms with E-state index in [1.54, 1.807) is 12.1 Å². The average Bonchev–Trinajstić information content (AvgIpc) is 2.87. The topological polar surface area (TPSA) is 55.2 Å². The number of hydrogen-bond acceptors (Lipinski definition) is 4. The third kappa shape index (κ3) is 4.21. The molecule has 4 nitrogen and oxygen atoms in total. The van der Waals surface area contributed by atoms with Gasteiger partial charge in [-0.15, -0.1) is 0 Å². The third-order valence-corrected chi connectivity index (χ3v) is 5.04. The number of nitrogens with zero attached hydrogens (tertiary/aromatic N) is 1. The molecular weight excluding hydrogens is 272 g/mol. The first-order valence-electron chi connectivity index (χ1n) is 7.28. The number of para-hydroxylation sites is 1. The van der Waals surface area contributed by atoms with Crippen molar-refractivity contribution in [3.8, 4) is 0 Å². The molecule has 110 valence electrons. The van der Waals surface area contributed by atoms with Crippen molar-refractivity contribution < 1.29 is 4.92 Å². The minimum absolute atomic E-state index is 0.236. The third-order valence-electron chi connectivity index (χ3n) is 3.80. The highest BCUT2D eigenvalue weighted by atomic mass is 32.2. The van der Waals surface area contributed by atoms with E-state index in [0.29, 0.717) is 6.04 Å².